The van der Waals surface area contributed by atoms with Crippen molar-refractivity contribution < 1.29 is 14.3 Å². The number of hydrogen-bond donors (Lipinski definition) is 1. The number of ether oxygens (including phenoxy) is 1. The molecule has 0 radical (unpaired) electrons. The second kappa shape index (κ2) is 8.52. The first kappa shape index (κ1) is 20.9. The van der Waals surface area contributed by atoms with Crippen LogP contribution < -0.4 is 15.1 Å². The standard InChI is InChI=1S/C24H26N4O3S/c1-15-4-3-5-20(16(15)2)28-14-17(12-22(28)29)23(30)25-18-6-7-19-21(13-18)32-24(26-19)27-8-10-31-11-9-27/h3-7,13,17H,8-12,14H2,1-2H3,(H,25,30). The van der Waals surface area contributed by atoms with E-state index in [1.54, 1.807) is 16.2 Å². The lowest BCUT2D eigenvalue weighted by Gasteiger charge is -2.25. The molecule has 2 aromatic carbocycles. The molecule has 2 fully saturated rings. The van der Waals surface area contributed by atoms with Crippen molar-refractivity contribution in [1.29, 1.82) is 0 Å². The summed E-state index contributed by atoms with van der Waals surface area (Å²) in [5.41, 5.74) is 4.77. The Bertz CT molecular complexity index is 1190. The van der Waals surface area contributed by atoms with Crippen LogP contribution in [0.3, 0.4) is 0 Å². The Morgan fingerprint density at radius 2 is 2.00 bits per heavy atom. The Kier molecular flexibility index (Phi) is 5.57. The third-order valence-electron chi connectivity index (χ3n) is 6.29. The van der Waals surface area contributed by atoms with Crippen molar-refractivity contribution in [3.05, 3.63) is 47.5 Å². The van der Waals surface area contributed by atoms with Crippen LogP contribution >= 0.6 is 11.3 Å². The lowest BCUT2D eigenvalue weighted by atomic mass is 10.1. The van der Waals surface area contributed by atoms with Crippen molar-refractivity contribution in [3.63, 3.8) is 0 Å². The molecule has 0 aliphatic carbocycles. The molecular formula is C24H26N4O3S. The van der Waals surface area contributed by atoms with E-state index in [-0.39, 0.29) is 24.2 Å². The van der Waals surface area contributed by atoms with Gasteiger partial charge in [-0.2, -0.15) is 0 Å². The van der Waals surface area contributed by atoms with Crippen molar-refractivity contribution in [2.75, 3.05) is 48.0 Å². The van der Waals surface area contributed by atoms with Crippen LogP contribution in [0.1, 0.15) is 17.5 Å². The highest BCUT2D eigenvalue weighted by atomic mass is 32.1. The molecule has 2 aliphatic rings. The molecule has 0 saturated carbocycles. The van der Waals surface area contributed by atoms with E-state index in [1.807, 2.05) is 50.2 Å². The number of anilines is 3. The average Bonchev–Trinajstić information content (AvgIpc) is 3.40. The number of nitrogens with one attached hydrogen (secondary N) is 1. The number of amides is 2. The fourth-order valence-corrected chi connectivity index (χ4v) is 5.32. The number of nitrogens with zero attached hydrogens (tertiary/aromatic N) is 3. The summed E-state index contributed by atoms with van der Waals surface area (Å²) in [5, 5.41) is 3.99. The zero-order valence-corrected chi connectivity index (χ0v) is 19.1. The Labute approximate surface area is 191 Å². The smallest absolute Gasteiger partial charge is 0.229 e. The van der Waals surface area contributed by atoms with Gasteiger partial charge in [-0.1, -0.05) is 23.5 Å². The summed E-state index contributed by atoms with van der Waals surface area (Å²) in [4.78, 5) is 34.3. The van der Waals surface area contributed by atoms with E-state index in [9.17, 15) is 9.59 Å². The first-order valence-corrected chi connectivity index (χ1v) is 11.7. The maximum atomic E-state index is 13.0. The molecule has 3 aromatic rings. The highest BCUT2D eigenvalue weighted by molar-refractivity contribution is 7.22. The maximum Gasteiger partial charge on any atom is 0.229 e. The molecule has 1 N–H and O–H groups in total. The molecule has 2 aliphatic heterocycles. The molecule has 8 heteroatoms. The van der Waals surface area contributed by atoms with Gasteiger partial charge in [-0.05, 0) is 49.2 Å². The summed E-state index contributed by atoms with van der Waals surface area (Å²) in [6.45, 7) is 7.57. The normalized spacial score (nSPS) is 19.1. The lowest BCUT2D eigenvalue weighted by molar-refractivity contribution is -0.122. The van der Waals surface area contributed by atoms with Gasteiger partial charge in [0.25, 0.3) is 0 Å². The van der Waals surface area contributed by atoms with Gasteiger partial charge >= 0.3 is 0 Å². The van der Waals surface area contributed by atoms with Crippen LogP contribution in [0.15, 0.2) is 36.4 Å². The fraction of sp³-hybridized carbons (Fsp3) is 0.375. The molecule has 2 saturated heterocycles. The van der Waals surface area contributed by atoms with E-state index < -0.39 is 0 Å². The van der Waals surface area contributed by atoms with Crippen molar-refractivity contribution in [2.24, 2.45) is 5.92 Å². The monoisotopic (exact) mass is 450 g/mol. The van der Waals surface area contributed by atoms with E-state index in [4.69, 9.17) is 9.72 Å². The summed E-state index contributed by atoms with van der Waals surface area (Å²) in [5.74, 6) is -0.501. The second-order valence-corrected chi connectivity index (χ2v) is 9.40. The third kappa shape index (κ3) is 3.96. The number of hydrogen-bond acceptors (Lipinski definition) is 6. The highest BCUT2D eigenvalue weighted by Crippen LogP contribution is 2.33. The van der Waals surface area contributed by atoms with Crippen LogP contribution in [-0.4, -0.2) is 49.6 Å². The van der Waals surface area contributed by atoms with Gasteiger partial charge in [0.2, 0.25) is 11.8 Å². The molecule has 32 heavy (non-hydrogen) atoms. The molecule has 1 unspecified atom stereocenters. The van der Waals surface area contributed by atoms with Gasteiger partial charge in [0, 0.05) is 37.4 Å². The number of morpholine rings is 1. The molecule has 7 nitrogen and oxygen atoms in total. The van der Waals surface area contributed by atoms with Gasteiger partial charge in [0.05, 0.1) is 29.3 Å². The van der Waals surface area contributed by atoms with E-state index in [2.05, 4.69) is 10.2 Å². The van der Waals surface area contributed by atoms with Crippen LogP contribution in [0.4, 0.5) is 16.5 Å². The zero-order chi connectivity index (χ0) is 22.2. The summed E-state index contributed by atoms with van der Waals surface area (Å²) in [6.07, 6.45) is 0.225. The van der Waals surface area contributed by atoms with E-state index >= 15 is 0 Å². The largest absolute Gasteiger partial charge is 0.378 e. The van der Waals surface area contributed by atoms with Crippen molar-refractivity contribution in [3.8, 4) is 0 Å². The molecule has 0 bridgehead atoms. The van der Waals surface area contributed by atoms with E-state index in [0.29, 0.717) is 6.54 Å². The van der Waals surface area contributed by atoms with Crippen LogP contribution in [0.5, 0.6) is 0 Å². The second-order valence-electron chi connectivity index (χ2n) is 8.39. The number of aromatic nitrogens is 1. The minimum absolute atomic E-state index is 0.00749. The first-order chi connectivity index (χ1) is 15.5. The molecule has 3 heterocycles. The van der Waals surface area contributed by atoms with Crippen LogP contribution in [0, 0.1) is 19.8 Å². The lowest BCUT2D eigenvalue weighted by Crippen LogP contribution is -2.36. The number of rotatable bonds is 4. The zero-order valence-electron chi connectivity index (χ0n) is 18.3. The Morgan fingerprint density at radius 1 is 1.19 bits per heavy atom. The number of carbonyl (C=O) groups excluding carboxylic acids is 2. The van der Waals surface area contributed by atoms with E-state index in [0.717, 1.165) is 64.2 Å². The van der Waals surface area contributed by atoms with Crippen LogP contribution in [-0.2, 0) is 14.3 Å². The maximum absolute atomic E-state index is 13.0. The number of carbonyl (C=O) groups is 2. The van der Waals surface area contributed by atoms with Gasteiger partial charge < -0.3 is 19.9 Å². The van der Waals surface area contributed by atoms with Gasteiger partial charge in [-0.3, -0.25) is 9.59 Å². The predicted octanol–water partition coefficient (Wildman–Crippen LogP) is 3.74. The number of benzene rings is 2. The summed E-state index contributed by atoms with van der Waals surface area (Å²) in [6, 6.07) is 11.7. The van der Waals surface area contributed by atoms with Gasteiger partial charge in [0.1, 0.15) is 0 Å². The van der Waals surface area contributed by atoms with Gasteiger partial charge in [-0.25, -0.2) is 4.98 Å². The van der Waals surface area contributed by atoms with Crippen molar-refractivity contribution in [1.82, 2.24) is 4.98 Å². The van der Waals surface area contributed by atoms with Crippen molar-refractivity contribution >= 4 is 49.9 Å². The summed E-state index contributed by atoms with van der Waals surface area (Å²) < 4.78 is 6.45. The Morgan fingerprint density at radius 3 is 2.81 bits per heavy atom. The molecule has 1 atom stereocenters. The molecule has 1 aromatic heterocycles. The van der Waals surface area contributed by atoms with Gasteiger partial charge in [-0.15, -0.1) is 0 Å². The quantitative estimate of drug-likeness (QED) is 0.655. The van der Waals surface area contributed by atoms with Gasteiger partial charge in [0.15, 0.2) is 5.13 Å². The molecular weight excluding hydrogens is 424 g/mol. The summed E-state index contributed by atoms with van der Waals surface area (Å²) in [7, 11) is 0. The minimum atomic E-state index is -0.372. The predicted molar refractivity (Wildman–Crippen MR) is 128 cm³/mol. The minimum Gasteiger partial charge on any atom is -0.378 e. The Balaban J connectivity index is 1.29. The average molecular weight is 451 g/mol. The molecule has 0 spiro atoms. The van der Waals surface area contributed by atoms with Crippen LogP contribution in [0.25, 0.3) is 10.2 Å². The SMILES string of the molecule is Cc1cccc(N2CC(C(=O)Nc3ccc4nc(N5CCOCC5)sc4c3)CC2=O)c1C. The fourth-order valence-electron chi connectivity index (χ4n) is 4.27. The van der Waals surface area contributed by atoms with Crippen molar-refractivity contribution in [2.45, 2.75) is 20.3 Å². The molecule has 5 rings (SSSR count). The summed E-state index contributed by atoms with van der Waals surface area (Å²) >= 11 is 1.62. The topological polar surface area (TPSA) is 74.8 Å². The van der Waals surface area contributed by atoms with E-state index in [1.165, 1.54) is 0 Å². The Hall–Kier alpha value is -2.97. The first-order valence-electron chi connectivity index (χ1n) is 10.9. The van der Waals surface area contributed by atoms with Crippen LogP contribution in [0.2, 0.25) is 0 Å². The highest BCUT2D eigenvalue weighted by Gasteiger charge is 2.35. The number of aryl methyl sites for hydroxylation is 1. The number of thiazole rings is 1. The third-order valence-corrected chi connectivity index (χ3v) is 7.37. The molecule has 166 valence electrons. The molecule has 2 amide bonds. The number of fused-ring (bicyclic) bond motifs is 1.